The van der Waals surface area contributed by atoms with Crippen LogP contribution < -0.4 is 0 Å². The highest BCUT2D eigenvalue weighted by atomic mass is 32.2. The average molecular weight is 379 g/mol. The van der Waals surface area contributed by atoms with Crippen molar-refractivity contribution in [2.75, 3.05) is 5.75 Å². The second kappa shape index (κ2) is 6.78. The topological polar surface area (TPSA) is 47.3 Å². The SMILES string of the molecule is Cc1cc(C)c2c(c1)c(C)cc1nnc(SCC(=O)c3ccccc3F)n12. The van der Waals surface area contributed by atoms with Crippen molar-refractivity contribution in [1.82, 2.24) is 14.6 Å². The summed E-state index contributed by atoms with van der Waals surface area (Å²) in [6.45, 7) is 6.20. The number of rotatable bonds is 4. The van der Waals surface area contributed by atoms with Crippen LogP contribution in [0, 0.1) is 26.6 Å². The van der Waals surface area contributed by atoms with E-state index in [9.17, 15) is 9.18 Å². The number of benzene rings is 2. The molecule has 0 radical (unpaired) electrons. The molecule has 0 atom stereocenters. The number of aryl methyl sites for hydroxylation is 3. The Labute approximate surface area is 160 Å². The number of hydrogen-bond acceptors (Lipinski definition) is 4. The summed E-state index contributed by atoms with van der Waals surface area (Å²) in [5.41, 5.74) is 5.34. The van der Waals surface area contributed by atoms with Crippen LogP contribution >= 0.6 is 11.8 Å². The third-order valence-corrected chi connectivity index (χ3v) is 5.53. The lowest BCUT2D eigenvalue weighted by atomic mass is 10.0. The Morgan fingerprint density at radius 3 is 2.63 bits per heavy atom. The first-order chi connectivity index (χ1) is 13.0. The molecule has 4 rings (SSSR count). The first-order valence-electron chi connectivity index (χ1n) is 8.62. The van der Waals surface area contributed by atoms with E-state index in [-0.39, 0.29) is 17.1 Å². The maximum atomic E-state index is 13.8. The molecule has 0 aliphatic rings. The Kier molecular flexibility index (Phi) is 4.44. The van der Waals surface area contributed by atoms with Gasteiger partial charge in [-0.05, 0) is 56.2 Å². The van der Waals surface area contributed by atoms with Crippen LogP contribution in [-0.2, 0) is 0 Å². The molecule has 2 aromatic carbocycles. The van der Waals surface area contributed by atoms with Crippen LogP contribution in [0.2, 0.25) is 0 Å². The van der Waals surface area contributed by atoms with Gasteiger partial charge in [0.25, 0.3) is 0 Å². The molecular weight excluding hydrogens is 361 g/mol. The van der Waals surface area contributed by atoms with Gasteiger partial charge in [-0.2, -0.15) is 0 Å². The predicted octanol–water partition coefficient (Wildman–Crippen LogP) is 4.92. The highest BCUT2D eigenvalue weighted by Crippen LogP contribution is 2.29. The maximum Gasteiger partial charge on any atom is 0.196 e. The van der Waals surface area contributed by atoms with Crippen LogP contribution in [0.25, 0.3) is 16.6 Å². The monoisotopic (exact) mass is 379 g/mol. The van der Waals surface area contributed by atoms with Gasteiger partial charge in [-0.3, -0.25) is 9.20 Å². The number of carbonyl (C=O) groups excluding carboxylic acids is 1. The van der Waals surface area contributed by atoms with Gasteiger partial charge >= 0.3 is 0 Å². The normalized spacial score (nSPS) is 11.4. The van der Waals surface area contributed by atoms with Crippen molar-refractivity contribution in [1.29, 1.82) is 0 Å². The lowest BCUT2D eigenvalue weighted by Gasteiger charge is -2.11. The molecule has 0 amide bonds. The molecule has 27 heavy (non-hydrogen) atoms. The number of ketones is 1. The van der Waals surface area contributed by atoms with Gasteiger partial charge < -0.3 is 0 Å². The van der Waals surface area contributed by atoms with Crippen molar-refractivity contribution < 1.29 is 9.18 Å². The zero-order valence-corrected chi connectivity index (χ0v) is 16.1. The summed E-state index contributed by atoms with van der Waals surface area (Å²) < 4.78 is 15.8. The third kappa shape index (κ3) is 3.10. The second-order valence-corrected chi connectivity index (χ2v) is 7.62. The molecule has 0 bridgehead atoms. The molecule has 0 N–H and O–H groups in total. The largest absolute Gasteiger partial charge is 0.293 e. The Balaban J connectivity index is 1.76. The zero-order chi connectivity index (χ0) is 19.1. The van der Waals surface area contributed by atoms with Crippen LogP contribution in [-0.4, -0.2) is 26.1 Å². The van der Waals surface area contributed by atoms with Crippen molar-refractivity contribution in [2.24, 2.45) is 0 Å². The molecule has 0 saturated carbocycles. The lowest BCUT2D eigenvalue weighted by Crippen LogP contribution is -2.06. The van der Waals surface area contributed by atoms with Crippen LogP contribution in [0.4, 0.5) is 4.39 Å². The van der Waals surface area contributed by atoms with Gasteiger partial charge in [-0.25, -0.2) is 4.39 Å². The van der Waals surface area contributed by atoms with E-state index in [1.54, 1.807) is 12.1 Å². The van der Waals surface area contributed by atoms with Gasteiger partial charge in [0.15, 0.2) is 16.6 Å². The molecule has 4 nitrogen and oxygen atoms in total. The van der Waals surface area contributed by atoms with Crippen LogP contribution in [0.1, 0.15) is 27.0 Å². The molecule has 4 aromatic rings. The van der Waals surface area contributed by atoms with Gasteiger partial charge in [0.05, 0.1) is 16.8 Å². The number of pyridine rings is 1. The minimum atomic E-state index is -0.499. The van der Waals surface area contributed by atoms with Gasteiger partial charge in [0, 0.05) is 5.39 Å². The van der Waals surface area contributed by atoms with Crippen LogP contribution in [0.5, 0.6) is 0 Å². The van der Waals surface area contributed by atoms with E-state index < -0.39 is 5.82 Å². The molecule has 6 heteroatoms. The van der Waals surface area contributed by atoms with Crippen molar-refractivity contribution >= 4 is 34.1 Å². The van der Waals surface area contributed by atoms with Gasteiger partial charge in [-0.1, -0.05) is 35.5 Å². The Bertz CT molecular complexity index is 1200. The van der Waals surface area contributed by atoms with E-state index in [1.165, 1.54) is 29.5 Å². The molecule has 0 unspecified atom stereocenters. The van der Waals surface area contributed by atoms with Crippen molar-refractivity contribution in [3.8, 4) is 0 Å². The minimum Gasteiger partial charge on any atom is -0.293 e. The van der Waals surface area contributed by atoms with E-state index in [1.807, 2.05) is 10.5 Å². The number of Topliss-reactive ketones (excluding diaryl/α,β-unsaturated/α-hetero) is 1. The summed E-state index contributed by atoms with van der Waals surface area (Å²) in [6, 6.07) is 12.3. The van der Waals surface area contributed by atoms with Crippen LogP contribution in [0.15, 0.2) is 47.6 Å². The Morgan fingerprint density at radius 1 is 1.07 bits per heavy atom. The summed E-state index contributed by atoms with van der Waals surface area (Å²) in [6.07, 6.45) is 0. The molecule has 2 heterocycles. The molecule has 136 valence electrons. The molecule has 0 fully saturated rings. The number of thioether (sulfide) groups is 1. The lowest BCUT2D eigenvalue weighted by molar-refractivity contribution is 0.101. The van der Waals surface area contributed by atoms with Gasteiger partial charge in [0.2, 0.25) is 0 Å². The summed E-state index contributed by atoms with van der Waals surface area (Å²) in [5.74, 6) is -0.664. The highest BCUT2D eigenvalue weighted by Gasteiger charge is 2.17. The van der Waals surface area contributed by atoms with E-state index >= 15 is 0 Å². The first kappa shape index (κ1) is 17.7. The van der Waals surface area contributed by atoms with Crippen LogP contribution in [0.3, 0.4) is 0 Å². The maximum absolute atomic E-state index is 13.8. The fourth-order valence-electron chi connectivity index (χ4n) is 3.40. The van der Waals surface area contributed by atoms with E-state index in [0.29, 0.717) is 5.16 Å². The Hall–Kier alpha value is -2.73. The number of halogens is 1. The summed E-state index contributed by atoms with van der Waals surface area (Å²) in [4.78, 5) is 12.4. The summed E-state index contributed by atoms with van der Waals surface area (Å²) >= 11 is 1.27. The van der Waals surface area contributed by atoms with Crippen molar-refractivity contribution in [3.05, 3.63) is 70.5 Å². The van der Waals surface area contributed by atoms with Gasteiger partial charge in [0.1, 0.15) is 5.82 Å². The number of carbonyl (C=O) groups is 1. The van der Waals surface area contributed by atoms with Crippen molar-refractivity contribution in [3.63, 3.8) is 0 Å². The third-order valence-electron chi connectivity index (χ3n) is 4.60. The standard InChI is InChI=1S/C21H18FN3OS/c1-12-8-14(3)20-16(9-12)13(2)10-19-23-24-21(25(19)20)27-11-18(26)15-6-4-5-7-17(15)22/h4-10H,11H2,1-3H3. The first-order valence-corrected chi connectivity index (χ1v) is 9.60. The number of hydrogen-bond donors (Lipinski definition) is 0. The molecule has 2 aromatic heterocycles. The quantitative estimate of drug-likeness (QED) is 0.373. The average Bonchev–Trinajstić information content (AvgIpc) is 3.02. The fourth-order valence-corrected chi connectivity index (χ4v) is 4.23. The Morgan fingerprint density at radius 2 is 1.85 bits per heavy atom. The smallest absolute Gasteiger partial charge is 0.196 e. The molecule has 0 aliphatic carbocycles. The molecule has 0 spiro atoms. The highest BCUT2D eigenvalue weighted by molar-refractivity contribution is 7.99. The van der Waals surface area contributed by atoms with E-state index in [4.69, 9.17) is 0 Å². The molecular formula is C21H18FN3OS. The number of fused-ring (bicyclic) bond motifs is 3. The van der Waals surface area contributed by atoms with E-state index in [0.717, 1.165) is 27.7 Å². The minimum absolute atomic E-state index is 0.0992. The van der Waals surface area contributed by atoms with Gasteiger partial charge in [-0.15, -0.1) is 10.2 Å². The fraction of sp³-hybridized carbons (Fsp3) is 0.190. The predicted molar refractivity (Wildman–Crippen MR) is 106 cm³/mol. The number of nitrogens with zero attached hydrogens (tertiary/aromatic N) is 3. The summed E-state index contributed by atoms with van der Waals surface area (Å²) in [5, 5.41) is 10.3. The zero-order valence-electron chi connectivity index (χ0n) is 15.3. The number of aromatic nitrogens is 3. The molecule has 0 saturated heterocycles. The second-order valence-electron chi connectivity index (χ2n) is 6.67. The summed E-state index contributed by atoms with van der Waals surface area (Å²) in [7, 11) is 0. The van der Waals surface area contributed by atoms with E-state index in [2.05, 4.69) is 43.1 Å². The molecule has 0 aliphatic heterocycles. The van der Waals surface area contributed by atoms with Crippen molar-refractivity contribution in [2.45, 2.75) is 25.9 Å².